The second-order valence-electron chi connectivity index (χ2n) is 8.24. The summed E-state index contributed by atoms with van der Waals surface area (Å²) in [5.74, 6) is -1.52. The van der Waals surface area contributed by atoms with Crippen LogP contribution < -0.4 is 5.43 Å². The largest absolute Gasteiger partial charge is 0.502 e. The van der Waals surface area contributed by atoms with Gasteiger partial charge in [-0.2, -0.15) is 5.10 Å². The van der Waals surface area contributed by atoms with Gasteiger partial charge in [-0.1, -0.05) is 36.4 Å². The van der Waals surface area contributed by atoms with Crippen LogP contribution in [0.2, 0.25) is 0 Å². The summed E-state index contributed by atoms with van der Waals surface area (Å²) < 4.78 is 15.3. The average Bonchev–Trinajstić information content (AvgIpc) is 3.25. The van der Waals surface area contributed by atoms with Crippen LogP contribution in [0, 0.1) is 12.7 Å². The van der Waals surface area contributed by atoms with Gasteiger partial charge in [-0.05, 0) is 48.6 Å². The molecule has 3 aromatic rings. The Hall–Kier alpha value is -3.48. The van der Waals surface area contributed by atoms with E-state index < -0.39 is 11.2 Å². The molecule has 158 valence electrons. The van der Waals surface area contributed by atoms with Crippen LogP contribution >= 0.6 is 0 Å². The first-order valence-electron chi connectivity index (χ1n) is 10.4. The van der Waals surface area contributed by atoms with Crippen molar-refractivity contribution in [1.82, 2.24) is 14.7 Å². The highest BCUT2D eigenvalue weighted by atomic mass is 19.1. The van der Waals surface area contributed by atoms with Crippen molar-refractivity contribution in [2.75, 3.05) is 6.54 Å². The average molecular weight is 419 g/mol. The molecule has 0 bridgehead atoms. The lowest BCUT2D eigenvalue weighted by Crippen LogP contribution is -2.51. The molecule has 3 atom stereocenters. The van der Waals surface area contributed by atoms with Gasteiger partial charge in [-0.3, -0.25) is 14.3 Å². The molecule has 2 aromatic carbocycles. The minimum Gasteiger partial charge on any atom is -0.502 e. The lowest BCUT2D eigenvalue weighted by Gasteiger charge is -2.42. The van der Waals surface area contributed by atoms with Crippen LogP contribution in [0.4, 0.5) is 4.39 Å². The van der Waals surface area contributed by atoms with Crippen molar-refractivity contribution >= 4 is 5.91 Å². The molecule has 0 unspecified atom stereocenters. The Bertz CT molecular complexity index is 1220. The fraction of sp³-hybridized carbons (Fsp3) is 0.292. The third-order valence-electron chi connectivity index (χ3n) is 6.52. The van der Waals surface area contributed by atoms with E-state index in [9.17, 15) is 19.1 Å². The first-order valence-corrected chi connectivity index (χ1v) is 10.4. The number of aryl methyl sites for hydroxylation is 1. The molecule has 1 aromatic heterocycles. The van der Waals surface area contributed by atoms with Gasteiger partial charge in [0.25, 0.3) is 5.91 Å². The lowest BCUT2D eigenvalue weighted by molar-refractivity contribution is 0.0565. The zero-order valence-electron chi connectivity index (χ0n) is 17.0. The topological polar surface area (TPSA) is 75.4 Å². The highest BCUT2D eigenvalue weighted by Crippen LogP contribution is 2.46. The van der Waals surface area contributed by atoms with Crippen LogP contribution in [-0.2, 0) is 0 Å². The molecule has 7 heteroatoms. The number of benzene rings is 2. The molecule has 0 aliphatic carbocycles. The smallest absolute Gasteiger partial charge is 0.276 e. The van der Waals surface area contributed by atoms with Crippen molar-refractivity contribution in [3.05, 3.63) is 93.2 Å². The lowest BCUT2D eigenvalue weighted by atomic mass is 9.78. The minimum absolute atomic E-state index is 0.0728. The van der Waals surface area contributed by atoms with E-state index in [1.807, 2.05) is 31.2 Å². The fourth-order valence-corrected chi connectivity index (χ4v) is 5.11. The first kappa shape index (κ1) is 19.5. The summed E-state index contributed by atoms with van der Waals surface area (Å²) in [4.78, 5) is 27.0. The van der Waals surface area contributed by atoms with Gasteiger partial charge in [0, 0.05) is 12.5 Å². The summed E-state index contributed by atoms with van der Waals surface area (Å²) in [5.41, 5.74) is 2.23. The van der Waals surface area contributed by atoms with Crippen LogP contribution in [-0.4, -0.2) is 38.3 Å². The first-order chi connectivity index (χ1) is 15.0. The van der Waals surface area contributed by atoms with Crippen molar-refractivity contribution in [2.45, 2.75) is 37.8 Å². The Morgan fingerprint density at radius 3 is 2.61 bits per heavy atom. The van der Waals surface area contributed by atoms with Crippen molar-refractivity contribution in [1.29, 1.82) is 0 Å². The van der Waals surface area contributed by atoms with E-state index in [0.717, 1.165) is 35.7 Å². The number of halogens is 1. The molecule has 31 heavy (non-hydrogen) atoms. The summed E-state index contributed by atoms with van der Waals surface area (Å²) in [6, 6.07) is 13.8. The molecule has 1 saturated heterocycles. The van der Waals surface area contributed by atoms with Crippen LogP contribution in [0.5, 0.6) is 5.75 Å². The van der Waals surface area contributed by atoms with Gasteiger partial charge in [0.15, 0.2) is 11.4 Å². The van der Waals surface area contributed by atoms with Crippen molar-refractivity contribution in [3.63, 3.8) is 0 Å². The van der Waals surface area contributed by atoms with E-state index in [4.69, 9.17) is 0 Å². The van der Waals surface area contributed by atoms with E-state index in [0.29, 0.717) is 6.54 Å². The van der Waals surface area contributed by atoms with Crippen LogP contribution in [0.3, 0.4) is 0 Å². The van der Waals surface area contributed by atoms with Crippen LogP contribution in [0.1, 0.15) is 52.0 Å². The third kappa shape index (κ3) is 3.03. The van der Waals surface area contributed by atoms with Gasteiger partial charge in [-0.25, -0.2) is 4.39 Å². The number of nitrogens with zero attached hydrogens (tertiary/aromatic N) is 3. The number of amides is 1. The maximum atomic E-state index is 13.7. The van der Waals surface area contributed by atoms with Gasteiger partial charge in [0.1, 0.15) is 5.82 Å². The Morgan fingerprint density at radius 2 is 1.87 bits per heavy atom. The van der Waals surface area contributed by atoms with E-state index in [1.54, 1.807) is 17.0 Å². The molecule has 1 N–H and O–H groups in total. The van der Waals surface area contributed by atoms with E-state index in [-0.39, 0.29) is 35.4 Å². The molecule has 1 amide bonds. The van der Waals surface area contributed by atoms with Crippen molar-refractivity contribution < 1.29 is 14.3 Å². The monoisotopic (exact) mass is 419 g/mol. The predicted octanol–water partition coefficient (Wildman–Crippen LogP) is 3.39. The number of carbonyl (C=O) groups is 1. The van der Waals surface area contributed by atoms with E-state index in [2.05, 4.69) is 5.10 Å². The maximum absolute atomic E-state index is 13.7. The zero-order chi connectivity index (χ0) is 21.7. The molecular weight excluding hydrogens is 397 g/mol. The fourth-order valence-electron chi connectivity index (χ4n) is 5.11. The van der Waals surface area contributed by atoms with Gasteiger partial charge >= 0.3 is 0 Å². The molecule has 6 nitrogen and oxygen atoms in total. The molecule has 2 aliphatic heterocycles. The van der Waals surface area contributed by atoms with E-state index in [1.165, 1.54) is 16.8 Å². The molecule has 2 aliphatic rings. The Balaban J connectivity index is 1.79. The van der Waals surface area contributed by atoms with E-state index >= 15 is 0 Å². The standard InChI is InChI=1S/C24H22FN3O3/c1-14-5-2-3-6-17(14)20(15-8-10-16(25)11-9-15)21-18-7-4-12-27(18)24(31)22-23(30)19(29)13-26-28(21)22/h2-3,5-6,8-11,13,18,20-21,30H,4,7,12H2,1H3/t18-,20-,21-/m1/s1. The highest BCUT2D eigenvalue weighted by molar-refractivity contribution is 5.96. The number of carbonyl (C=O) groups excluding carboxylic acids is 1. The number of aromatic hydroxyl groups is 1. The Morgan fingerprint density at radius 1 is 1.13 bits per heavy atom. The summed E-state index contributed by atoms with van der Waals surface area (Å²) in [5, 5.41) is 14.8. The van der Waals surface area contributed by atoms with Gasteiger partial charge in [-0.15, -0.1) is 0 Å². The van der Waals surface area contributed by atoms with Crippen molar-refractivity contribution in [2.24, 2.45) is 0 Å². The van der Waals surface area contributed by atoms with Gasteiger partial charge in [0.05, 0.1) is 18.3 Å². The molecule has 3 heterocycles. The Kier molecular flexibility index (Phi) is 4.61. The number of aromatic nitrogens is 2. The molecular formula is C24H22FN3O3. The summed E-state index contributed by atoms with van der Waals surface area (Å²) >= 11 is 0. The molecule has 0 spiro atoms. The quantitative estimate of drug-likeness (QED) is 0.706. The van der Waals surface area contributed by atoms with Crippen LogP contribution in [0.15, 0.2) is 59.5 Å². The minimum atomic E-state index is -0.676. The number of fused-ring (bicyclic) bond motifs is 2. The second kappa shape index (κ2) is 7.34. The SMILES string of the molecule is Cc1ccccc1[C@@H](c1ccc(F)cc1)[C@H]1[C@H]2CCCN2C(=O)c2c(O)c(=O)cnn21. The normalized spacial score (nSPS) is 21.0. The predicted molar refractivity (Wildman–Crippen MR) is 113 cm³/mol. The van der Waals surface area contributed by atoms with Crippen molar-refractivity contribution in [3.8, 4) is 5.75 Å². The number of hydrogen-bond acceptors (Lipinski definition) is 4. The molecule has 1 fully saturated rings. The number of rotatable bonds is 3. The number of hydrogen-bond donors (Lipinski definition) is 1. The molecule has 5 rings (SSSR count). The third-order valence-corrected chi connectivity index (χ3v) is 6.52. The van der Waals surface area contributed by atoms with Gasteiger partial charge in [0.2, 0.25) is 5.43 Å². The molecule has 0 saturated carbocycles. The summed E-state index contributed by atoms with van der Waals surface area (Å²) in [6.07, 6.45) is 2.67. The molecule has 0 radical (unpaired) electrons. The van der Waals surface area contributed by atoms with Gasteiger partial charge < -0.3 is 10.0 Å². The maximum Gasteiger partial charge on any atom is 0.276 e. The Labute approximate surface area is 178 Å². The summed E-state index contributed by atoms with van der Waals surface area (Å²) in [7, 11) is 0. The second-order valence-corrected chi connectivity index (χ2v) is 8.24. The summed E-state index contributed by atoms with van der Waals surface area (Å²) in [6.45, 7) is 2.58. The highest BCUT2D eigenvalue weighted by Gasteiger charge is 2.48. The van der Waals surface area contributed by atoms with Crippen LogP contribution in [0.25, 0.3) is 0 Å². The zero-order valence-corrected chi connectivity index (χ0v) is 17.0.